The van der Waals surface area contributed by atoms with Crippen LogP contribution in [0, 0.1) is 0 Å². The van der Waals surface area contributed by atoms with Crippen LogP contribution in [0.3, 0.4) is 0 Å². The molecule has 0 radical (unpaired) electrons. The minimum Gasteiger partial charge on any atom is -0.444 e. The Labute approximate surface area is 185 Å². The molecular weight excluding hydrogens is 481 g/mol. The van der Waals surface area contributed by atoms with Crippen LogP contribution in [0.2, 0.25) is 0 Å². The Morgan fingerprint density at radius 2 is 1.90 bits per heavy atom. The summed E-state index contributed by atoms with van der Waals surface area (Å²) in [5, 5.41) is 14.9. The average Bonchev–Trinajstić information content (AvgIpc) is 3.38. The van der Waals surface area contributed by atoms with Gasteiger partial charge in [0.2, 0.25) is 5.89 Å². The Balaban J connectivity index is 0.00000240. The van der Waals surface area contributed by atoms with Gasteiger partial charge in [0.1, 0.15) is 12.0 Å². The van der Waals surface area contributed by atoms with Crippen molar-refractivity contribution in [2.75, 3.05) is 6.54 Å². The predicted octanol–water partition coefficient (Wildman–Crippen LogP) is 3.26. The first-order valence-electron chi connectivity index (χ1n) is 9.14. The van der Waals surface area contributed by atoms with E-state index in [2.05, 4.69) is 30.8 Å². The molecule has 0 saturated heterocycles. The topological polar surface area (TPSA) is 92.6 Å². The number of fused-ring (bicyclic) bond motifs is 1. The van der Waals surface area contributed by atoms with Crippen molar-refractivity contribution in [2.45, 2.75) is 20.0 Å². The van der Waals surface area contributed by atoms with Gasteiger partial charge in [-0.3, -0.25) is 4.40 Å². The summed E-state index contributed by atoms with van der Waals surface area (Å²) in [4.78, 5) is 9.09. The molecule has 0 aliphatic carbocycles. The molecule has 2 N–H and O–H groups in total. The number of nitrogens with one attached hydrogen (secondary N) is 2. The maximum absolute atomic E-state index is 5.57. The lowest BCUT2D eigenvalue weighted by molar-refractivity contribution is 0.572. The molecule has 0 amide bonds. The van der Waals surface area contributed by atoms with E-state index in [-0.39, 0.29) is 24.0 Å². The quantitative estimate of drug-likeness (QED) is 0.239. The van der Waals surface area contributed by atoms with Gasteiger partial charge in [0.15, 0.2) is 17.4 Å². The zero-order valence-electron chi connectivity index (χ0n) is 15.9. The number of pyridine rings is 1. The summed E-state index contributed by atoms with van der Waals surface area (Å²) in [5.41, 5.74) is 2.53. The SMILES string of the molecule is CCNC(=NCc1coc(-c2ccccc2)n1)NCc1nnc2ccccn12.I. The highest BCUT2D eigenvalue weighted by atomic mass is 127. The fraction of sp³-hybridized carbons (Fsp3) is 0.200. The Bertz CT molecular complexity index is 1070. The number of oxazole rings is 1. The molecule has 0 fully saturated rings. The molecule has 0 atom stereocenters. The summed E-state index contributed by atoms with van der Waals surface area (Å²) >= 11 is 0. The van der Waals surface area contributed by atoms with Crippen molar-refractivity contribution in [2.24, 2.45) is 4.99 Å². The van der Waals surface area contributed by atoms with Crippen LogP contribution in [0.4, 0.5) is 0 Å². The van der Waals surface area contributed by atoms with Crippen LogP contribution in [-0.2, 0) is 13.1 Å². The van der Waals surface area contributed by atoms with Crippen molar-refractivity contribution in [3.63, 3.8) is 0 Å². The van der Waals surface area contributed by atoms with E-state index in [9.17, 15) is 0 Å². The normalized spacial score (nSPS) is 11.3. The van der Waals surface area contributed by atoms with Gasteiger partial charge in [0.25, 0.3) is 0 Å². The van der Waals surface area contributed by atoms with Crippen LogP contribution in [0.5, 0.6) is 0 Å². The van der Waals surface area contributed by atoms with Crippen molar-refractivity contribution in [1.29, 1.82) is 0 Å². The first-order valence-corrected chi connectivity index (χ1v) is 9.14. The summed E-state index contributed by atoms with van der Waals surface area (Å²) in [7, 11) is 0. The van der Waals surface area contributed by atoms with Gasteiger partial charge in [0, 0.05) is 18.3 Å². The lowest BCUT2D eigenvalue weighted by Gasteiger charge is -2.10. The maximum Gasteiger partial charge on any atom is 0.226 e. The molecule has 0 aliphatic heterocycles. The lowest BCUT2D eigenvalue weighted by Crippen LogP contribution is -2.37. The number of benzene rings is 1. The number of halogens is 1. The molecular formula is C20H22IN7O. The van der Waals surface area contributed by atoms with Gasteiger partial charge in [-0.1, -0.05) is 24.3 Å². The average molecular weight is 503 g/mol. The van der Waals surface area contributed by atoms with Crippen molar-refractivity contribution < 1.29 is 4.42 Å². The number of aliphatic imine (C=N–C) groups is 1. The second-order valence-electron chi connectivity index (χ2n) is 6.10. The minimum atomic E-state index is 0. The maximum atomic E-state index is 5.57. The highest BCUT2D eigenvalue weighted by Gasteiger charge is 2.08. The second-order valence-corrected chi connectivity index (χ2v) is 6.10. The zero-order chi connectivity index (χ0) is 19.2. The second kappa shape index (κ2) is 10.0. The molecule has 0 unspecified atom stereocenters. The number of aromatic nitrogens is 4. The van der Waals surface area contributed by atoms with Crippen molar-refractivity contribution in [3.05, 3.63) is 72.5 Å². The monoisotopic (exact) mass is 503 g/mol. The number of hydrogen-bond acceptors (Lipinski definition) is 5. The molecule has 8 nitrogen and oxygen atoms in total. The molecule has 29 heavy (non-hydrogen) atoms. The van der Waals surface area contributed by atoms with Crippen LogP contribution >= 0.6 is 24.0 Å². The Hall–Kier alpha value is -2.95. The summed E-state index contributed by atoms with van der Waals surface area (Å²) < 4.78 is 7.51. The zero-order valence-corrected chi connectivity index (χ0v) is 18.3. The van der Waals surface area contributed by atoms with Gasteiger partial charge in [-0.05, 0) is 31.2 Å². The van der Waals surface area contributed by atoms with E-state index in [0.717, 1.165) is 29.3 Å². The fourth-order valence-corrected chi connectivity index (χ4v) is 2.77. The standard InChI is InChI=1S/C20H21N7O.HI/c1-2-21-20(23-13-18-26-25-17-10-6-7-11-27(17)18)22-12-16-14-28-19(24-16)15-8-4-3-5-9-15;/h3-11,14H,2,12-13H2,1H3,(H2,21,22,23);1H. The first kappa shape index (κ1) is 20.8. The number of hydrogen-bond donors (Lipinski definition) is 2. The molecule has 0 aliphatic rings. The third-order valence-corrected chi connectivity index (χ3v) is 4.11. The Kier molecular flexibility index (Phi) is 7.17. The summed E-state index contributed by atoms with van der Waals surface area (Å²) in [5.74, 6) is 2.09. The van der Waals surface area contributed by atoms with Gasteiger partial charge >= 0.3 is 0 Å². The summed E-state index contributed by atoms with van der Waals surface area (Å²) in [6.45, 7) is 3.69. The van der Waals surface area contributed by atoms with E-state index < -0.39 is 0 Å². The third-order valence-electron chi connectivity index (χ3n) is 4.11. The fourth-order valence-electron chi connectivity index (χ4n) is 2.77. The van der Waals surface area contributed by atoms with E-state index in [0.29, 0.717) is 24.9 Å². The molecule has 150 valence electrons. The summed E-state index contributed by atoms with van der Waals surface area (Å²) in [6, 6.07) is 15.6. The van der Waals surface area contributed by atoms with E-state index in [1.54, 1.807) is 6.26 Å². The number of nitrogens with zero attached hydrogens (tertiary/aromatic N) is 5. The number of rotatable bonds is 6. The molecule has 0 spiro atoms. The predicted molar refractivity (Wildman–Crippen MR) is 122 cm³/mol. The number of guanidine groups is 1. The first-order chi connectivity index (χ1) is 13.8. The molecule has 1 aromatic carbocycles. The highest BCUT2D eigenvalue weighted by Crippen LogP contribution is 2.18. The van der Waals surface area contributed by atoms with E-state index >= 15 is 0 Å². The Morgan fingerprint density at radius 1 is 1.07 bits per heavy atom. The molecule has 4 aromatic rings. The van der Waals surface area contributed by atoms with E-state index in [1.807, 2.05) is 66.1 Å². The minimum absolute atomic E-state index is 0. The Morgan fingerprint density at radius 3 is 2.72 bits per heavy atom. The highest BCUT2D eigenvalue weighted by molar-refractivity contribution is 14.0. The van der Waals surface area contributed by atoms with Crippen LogP contribution in [-0.4, -0.2) is 32.1 Å². The smallest absolute Gasteiger partial charge is 0.226 e. The van der Waals surface area contributed by atoms with Gasteiger partial charge in [-0.15, -0.1) is 34.2 Å². The van der Waals surface area contributed by atoms with E-state index in [4.69, 9.17) is 4.42 Å². The van der Waals surface area contributed by atoms with Crippen LogP contribution in [0.25, 0.3) is 17.1 Å². The third kappa shape index (κ3) is 5.11. The van der Waals surface area contributed by atoms with Crippen molar-refractivity contribution in [3.8, 4) is 11.5 Å². The van der Waals surface area contributed by atoms with Gasteiger partial charge in [0.05, 0.1) is 13.1 Å². The van der Waals surface area contributed by atoms with Gasteiger partial charge in [-0.25, -0.2) is 9.98 Å². The molecule has 9 heteroatoms. The van der Waals surface area contributed by atoms with E-state index in [1.165, 1.54) is 0 Å². The summed E-state index contributed by atoms with van der Waals surface area (Å²) in [6.07, 6.45) is 3.58. The molecule has 0 bridgehead atoms. The van der Waals surface area contributed by atoms with Crippen LogP contribution in [0.15, 0.2) is 70.4 Å². The largest absolute Gasteiger partial charge is 0.444 e. The van der Waals surface area contributed by atoms with Crippen LogP contribution in [0.1, 0.15) is 18.4 Å². The van der Waals surface area contributed by atoms with Gasteiger partial charge in [-0.2, -0.15) is 0 Å². The molecule has 4 rings (SSSR count). The van der Waals surface area contributed by atoms with Crippen molar-refractivity contribution >= 4 is 35.6 Å². The van der Waals surface area contributed by atoms with Gasteiger partial charge < -0.3 is 15.1 Å². The lowest BCUT2D eigenvalue weighted by atomic mass is 10.2. The molecule has 0 saturated carbocycles. The molecule has 3 aromatic heterocycles. The van der Waals surface area contributed by atoms with Crippen molar-refractivity contribution in [1.82, 2.24) is 30.2 Å². The molecule has 3 heterocycles. The van der Waals surface area contributed by atoms with Crippen LogP contribution < -0.4 is 10.6 Å².